The van der Waals surface area contributed by atoms with Gasteiger partial charge in [0.15, 0.2) is 0 Å². The number of carbonyl (C=O) groups excluding carboxylic acids is 1. The van der Waals surface area contributed by atoms with Gasteiger partial charge in [0.1, 0.15) is 5.75 Å². The van der Waals surface area contributed by atoms with Crippen molar-refractivity contribution in [3.05, 3.63) is 23.2 Å². The van der Waals surface area contributed by atoms with Crippen molar-refractivity contribution in [2.75, 3.05) is 11.9 Å². The van der Waals surface area contributed by atoms with Gasteiger partial charge >= 0.3 is 0 Å². The number of amides is 1. The first-order valence-corrected chi connectivity index (χ1v) is 7.29. The van der Waals surface area contributed by atoms with Crippen molar-refractivity contribution in [1.82, 2.24) is 0 Å². The molecule has 20 heavy (non-hydrogen) atoms. The van der Waals surface area contributed by atoms with Crippen LogP contribution in [0, 0.1) is 5.92 Å². The highest BCUT2D eigenvalue weighted by molar-refractivity contribution is 6.32. The maximum atomic E-state index is 12.0. The average Bonchev–Trinajstić information content (AvgIpc) is 2.38. The highest BCUT2D eigenvalue weighted by Gasteiger charge is 2.13. The summed E-state index contributed by atoms with van der Waals surface area (Å²) in [6, 6.07) is 5.26. The van der Waals surface area contributed by atoms with Crippen molar-refractivity contribution in [3.63, 3.8) is 0 Å². The molecule has 1 unspecified atom stereocenters. The first-order chi connectivity index (χ1) is 9.43. The maximum Gasteiger partial charge on any atom is 0.227 e. The third-order valence-electron chi connectivity index (χ3n) is 2.85. The molecule has 1 amide bonds. The number of anilines is 1. The number of carbonyl (C=O) groups is 1. The topological polar surface area (TPSA) is 64.3 Å². The van der Waals surface area contributed by atoms with Crippen LogP contribution in [0.5, 0.6) is 5.75 Å². The Hall–Kier alpha value is -1.26. The Morgan fingerprint density at radius 2 is 2.10 bits per heavy atom. The van der Waals surface area contributed by atoms with Crippen LogP contribution in [0.15, 0.2) is 18.2 Å². The summed E-state index contributed by atoms with van der Waals surface area (Å²) < 4.78 is 5.55. The predicted molar refractivity (Wildman–Crippen MR) is 83.3 cm³/mol. The zero-order chi connectivity index (χ0) is 15.1. The van der Waals surface area contributed by atoms with E-state index >= 15 is 0 Å². The first kappa shape index (κ1) is 16.8. The molecule has 0 saturated carbocycles. The summed E-state index contributed by atoms with van der Waals surface area (Å²) in [4.78, 5) is 12.0. The van der Waals surface area contributed by atoms with Gasteiger partial charge in [-0.15, -0.1) is 0 Å². The van der Waals surface area contributed by atoms with Gasteiger partial charge in [-0.25, -0.2) is 0 Å². The summed E-state index contributed by atoms with van der Waals surface area (Å²) in [6.45, 7) is 6.36. The van der Waals surface area contributed by atoms with Crippen LogP contribution < -0.4 is 15.8 Å². The van der Waals surface area contributed by atoms with Crippen LogP contribution in [0.25, 0.3) is 0 Å². The third kappa shape index (κ3) is 5.39. The van der Waals surface area contributed by atoms with Crippen LogP contribution in [-0.2, 0) is 4.79 Å². The van der Waals surface area contributed by atoms with E-state index in [0.29, 0.717) is 23.0 Å². The molecule has 0 radical (unpaired) electrons. The largest absolute Gasteiger partial charge is 0.489 e. The van der Waals surface area contributed by atoms with E-state index in [-0.39, 0.29) is 17.9 Å². The summed E-state index contributed by atoms with van der Waals surface area (Å²) in [5.41, 5.74) is 6.12. The van der Waals surface area contributed by atoms with Crippen molar-refractivity contribution >= 4 is 23.2 Å². The smallest absolute Gasteiger partial charge is 0.227 e. The lowest BCUT2D eigenvalue weighted by molar-refractivity contribution is -0.119. The van der Waals surface area contributed by atoms with E-state index in [9.17, 15) is 4.79 Å². The molecule has 5 heteroatoms. The van der Waals surface area contributed by atoms with E-state index in [4.69, 9.17) is 22.1 Å². The summed E-state index contributed by atoms with van der Waals surface area (Å²) in [6.07, 6.45) is 1.69. The highest BCUT2D eigenvalue weighted by atomic mass is 35.5. The van der Waals surface area contributed by atoms with Gasteiger partial charge in [0.2, 0.25) is 5.91 Å². The molecule has 0 aromatic heterocycles. The van der Waals surface area contributed by atoms with Gasteiger partial charge < -0.3 is 15.8 Å². The number of halogens is 1. The van der Waals surface area contributed by atoms with Gasteiger partial charge in [-0.05, 0) is 51.4 Å². The van der Waals surface area contributed by atoms with Crippen molar-refractivity contribution in [2.45, 2.75) is 39.7 Å². The lowest BCUT2D eigenvalue weighted by atomic mass is 10.0. The van der Waals surface area contributed by atoms with Gasteiger partial charge in [-0.2, -0.15) is 0 Å². The number of hydrogen-bond acceptors (Lipinski definition) is 3. The van der Waals surface area contributed by atoms with Crippen molar-refractivity contribution in [1.29, 1.82) is 0 Å². The second kappa shape index (κ2) is 8.12. The molecule has 0 spiro atoms. The molecule has 0 saturated heterocycles. The fraction of sp³-hybridized carbons (Fsp3) is 0.533. The highest BCUT2D eigenvalue weighted by Crippen LogP contribution is 2.28. The van der Waals surface area contributed by atoms with Crippen LogP contribution in [0.1, 0.15) is 33.6 Å². The monoisotopic (exact) mass is 298 g/mol. The van der Waals surface area contributed by atoms with E-state index in [1.54, 1.807) is 18.2 Å². The molecule has 0 heterocycles. The van der Waals surface area contributed by atoms with Gasteiger partial charge in [0.25, 0.3) is 0 Å². The quantitative estimate of drug-likeness (QED) is 0.810. The number of nitrogens with one attached hydrogen (secondary N) is 1. The molecule has 1 atom stereocenters. The molecule has 1 aromatic carbocycles. The van der Waals surface area contributed by atoms with Gasteiger partial charge in [0, 0.05) is 11.6 Å². The molecular formula is C15H23ClN2O2. The molecule has 4 nitrogen and oxygen atoms in total. The molecule has 0 bridgehead atoms. The van der Waals surface area contributed by atoms with E-state index < -0.39 is 0 Å². The fourth-order valence-electron chi connectivity index (χ4n) is 1.75. The summed E-state index contributed by atoms with van der Waals surface area (Å²) in [5, 5.41) is 3.34. The molecular weight excluding hydrogens is 276 g/mol. The van der Waals surface area contributed by atoms with Crippen molar-refractivity contribution in [3.8, 4) is 5.75 Å². The van der Waals surface area contributed by atoms with E-state index in [2.05, 4.69) is 5.32 Å². The van der Waals surface area contributed by atoms with Crippen LogP contribution in [0.3, 0.4) is 0 Å². The number of rotatable bonds is 7. The predicted octanol–water partition coefficient (Wildman–Crippen LogP) is 3.44. The first-order valence-electron chi connectivity index (χ1n) is 6.91. The molecule has 0 fully saturated rings. The average molecular weight is 299 g/mol. The Morgan fingerprint density at radius 3 is 2.65 bits per heavy atom. The summed E-state index contributed by atoms with van der Waals surface area (Å²) in [5.74, 6) is 0.534. The fourth-order valence-corrected chi connectivity index (χ4v) is 1.97. The van der Waals surface area contributed by atoms with Gasteiger partial charge in [-0.1, -0.05) is 18.5 Å². The summed E-state index contributed by atoms with van der Waals surface area (Å²) in [7, 11) is 0. The lowest BCUT2D eigenvalue weighted by Crippen LogP contribution is -2.21. The lowest BCUT2D eigenvalue weighted by Gasteiger charge is -2.14. The number of hydrogen-bond donors (Lipinski definition) is 2. The maximum absolute atomic E-state index is 12.0. The molecule has 112 valence electrons. The SMILES string of the molecule is CC(C)Oc1ccc(NC(=O)C(C)CCCN)cc1Cl. The zero-order valence-electron chi connectivity index (χ0n) is 12.3. The Labute approximate surface area is 125 Å². The normalized spacial score (nSPS) is 12.3. The van der Waals surface area contributed by atoms with Crippen molar-refractivity contribution in [2.24, 2.45) is 11.7 Å². The number of benzene rings is 1. The Kier molecular flexibility index (Phi) is 6.82. The standard InChI is InChI=1S/C15H23ClN2O2/c1-10(2)20-14-7-6-12(9-13(14)16)18-15(19)11(3)5-4-8-17/h6-7,9-11H,4-5,8,17H2,1-3H3,(H,18,19). The molecule has 1 aromatic rings. The zero-order valence-corrected chi connectivity index (χ0v) is 13.0. The minimum absolute atomic E-state index is 0.0213. The second-order valence-electron chi connectivity index (χ2n) is 5.13. The molecule has 1 rings (SSSR count). The Morgan fingerprint density at radius 1 is 1.40 bits per heavy atom. The molecule has 0 aliphatic rings. The van der Waals surface area contributed by atoms with Crippen LogP contribution in [0.2, 0.25) is 5.02 Å². The minimum atomic E-state index is -0.0658. The third-order valence-corrected chi connectivity index (χ3v) is 3.15. The molecule has 0 aliphatic heterocycles. The van der Waals surface area contributed by atoms with Crippen LogP contribution >= 0.6 is 11.6 Å². The molecule has 3 N–H and O–H groups in total. The van der Waals surface area contributed by atoms with Gasteiger partial charge in [-0.3, -0.25) is 4.79 Å². The van der Waals surface area contributed by atoms with Crippen LogP contribution in [0.4, 0.5) is 5.69 Å². The second-order valence-corrected chi connectivity index (χ2v) is 5.54. The van der Waals surface area contributed by atoms with Crippen LogP contribution in [-0.4, -0.2) is 18.6 Å². The number of ether oxygens (including phenoxy) is 1. The number of nitrogens with two attached hydrogens (primary N) is 1. The minimum Gasteiger partial charge on any atom is -0.489 e. The Balaban J connectivity index is 2.64. The van der Waals surface area contributed by atoms with E-state index in [1.807, 2.05) is 20.8 Å². The Bertz CT molecular complexity index is 449. The van der Waals surface area contributed by atoms with E-state index in [1.165, 1.54) is 0 Å². The van der Waals surface area contributed by atoms with Crippen molar-refractivity contribution < 1.29 is 9.53 Å². The summed E-state index contributed by atoms with van der Waals surface area (Å²) >= 11 is 6.13. The molecule has 0 aliphatic carbocycles. The van der Waals surface area contributed by atoms with Gasteiger partial charge in [0.05, 0.1) is 11.1 Å². The van der Waals surface area contributed by atoms with E-state index in [0.717, 1.165) is 12.8 Å².